The van der Waals surface area contributed by atoms with Crippen LogP contribution in [0.25, 0.3) is 17.2 Å². The molecule has 2 rings (SSSR count). The monoisotopic (exact) mass is 268 g/mol. The third kappa shape index (κ3) is 3.06. The van der Waals surface area contributed by atoms with E-state index in [1.807, 2.05) is 48.5 Å². The number of hydrogen-bond acceptors (Lipinski definition) is 2. The van der Waals surface area contributed by atoms with Crippen LogP contribution >= 0.6 is 0 Å². The maximum absolute atomic E-state index is 10.9. The fourth-order valence-electron chi connectivity index (χ4n) is 1.94. The van der Waals surface area contributed by atoms with Crippen molar-refractivity contribution in [3.05, 3.63) is 59.7 Å². The second-order valence-corrected chi connectivity index (χ2v) is 4.46. The lowest BCUT2D eigenvalue weighted by molar-refractivity contribution is -0.132. The Hall–Kier alpha value is -2.55. The zero-order valence-electron chi connectivity index (χ0n) is 11.5. The highest BCUT2D eigenvalue weighted by Crippen LogP contribution is 2.28. The van der Waals surface area contributed by atoms with E-state index in [1.54, 1.807) is 20.1 Å². The van der Waals surface area contributed by atoms with Crippen molar-refractivity contribution in [1.82, 2.24) is 0 Å². The molecule has 0 atom stereocenters. The Labute approximate surface area is 118 Å². The summed E-state index contributed by atoms with van der Waals surface area (Å²) in [6, 6.07) is 15.7. The summed E-state index contributed by atoms with van der Waals surface area (Å²) in [6.45, 7) is 1.56. The van der Waals surface area contributed by atoms with Crippen LogP contribution in [0.4, 0.5) is 0 Å². The highest BCUT2D eigenvalue weighted by Gasteiger charge is 2.06. The van der Waals surface area contributed by atoms with Gasteiger partial charge in [-0.15, -0.1) is 0 Å². The van der Waals surface area contributed by atoms with E-state index in [4.69, 9.17) is 9.84 Å². The van der Waals surface area contributed by atoms with Crippen molar-refractivity contribution in [1.29, 1.82) is 0 Å². The minimum Gasteiger partial charge on any atom is -0.496 e. The minimum atomic E-state index is -0.931. The van der Waals surface area contributed by atoms with Crippen molar-refractivity contribution >= 4 is 12.0 Å². The second kappa shape index (κ2) is 6.06. The summed E-state index contributed by atoms with van der Waals surface area (Å²) < 4.78 is 5.35. The first-order valence-corrected chi connectivity index (χ1v) is 6.27. The number of ether oxygens (including phenoxy) is 1. The number of benzene rings is 2. The molecule has 2 aromatic carbocycles. The van der Waals surface area contributed by atoms with Crippen molar-refractivity contribution in [2.45, 2.75) is 6.92 Å². The molecule has 0 aliphatic carbocycles. The molecule has 1 N–H and O–H groups in total. The largest absolute Gasteiger partial charge is 0.496 e. The van der Waals surface area contributed by atoms with Crippen molar-refractivity contribution in [2.24, 2.45) is 0 Å². The van der Waals surface area contributed by atoms with Gasteiger partial charge in [0.25, 0.3) is 0 Å². The fourth-order valence-corrected chi connectivity index (χ4v) is 1.94. The maximum atomic E-state index is 10.9. The van der Waals surface area contributed by atoms with Crippen molar-refractivity contribution in [2.75, 3.05) is 7.11 Å². The van der Waals surface area contributed by atoms with Crippen LogP contribution in [0.1, 0.15) is 12.5 Å². The number of carboxylic acid groups (broad SMARTS) is 1. The molecule has 0 spiro atoms. The Morgan fingerprint density at radius 2 is 1.80 bits per heavy atom. The van der Waals surface area contributed by atoms with E-state index in [9.17, 15) is 4.79 Å². The number of hydrogen-bond donors (Lipinski definition) is 1. The van der Waals surface area contributed by atoms with E-state index in [0.717, 1.165) is 16.7 Å². The third-order valence-electron chi connectivity index (χ3n) is 3.05. The smallest absolute Gasteiger partial charge is 0.331 e. The lowest BCUT2D eigenvalue weighted by Crippen LogP contribution is -1.96. The summed E-state index contributed by atoms with van der Waals surface area (Å²) >= 11 is 0. The van der Waals surface area contributed by atoms with Crippen molar-refractivity contribution in [3.63, 3.8) is 0 Å². The van der Waals surface area contributed by atoms with E-state index in [1.165, 1.54) is 0 Å². The van der Waals surface area contributed by atoms with E-state index in [-0.39, 0.29) is 5.57 Å². The molecule has 20 heavy (non-hydrogen) atoms. The van der Waals surface area contributed by atoms with Crippen LogP contribution in [0.15, 0.2) is 54.1 Å². The van der Waals surface area contributed by atoms with Gasteiger partial charge in [0.2, 0.25) is 0 Å². The first kappa shape index (κ1) is 13.9. The maximum Gasteiger partial charge on any atom is 0.331 e. The highest BCUT2D eigenvalue weighted by atomic mass is 16.5. The lowest BCUT2D eigenvalue weighted by atomic mass is 10.0. The van der Waals surface area contributed by atoms with Gasteiger partial charge in [-0.1, -0.05) is 42.5 Å². The molecule has 0 aromatic heterocycles. The number of carboxylic acids is 1. The van der Waals surface area contributed by atoms with Gasteiger partial charge in [-0.3, -0.25) is 0 Å². The second-order valence-electron chi connectivity index (χ2n) is 4.46. The van der Waals surface area contributed by atoms with Gasteiger partial charge in [-0.05, 0) is 30.2 Å². The standard InChI is InChI=1S/C17H16O3/c1-12(17(18)19)10-15-9-8-14(11-16(15)20-2)13-6-4-3-5-7-13/h3-11H,1-2H3,(H,18,19)/b12-10+. The predicted octanol–water partition coefficient (Wildman–Crippen LogP) is 3.85. The van der Waals surface area contributed by atoms with E-state index >= 15 is 0 Å². The molecular formula is C17H16O3. The van der Waals surface area contributed by atoms with Gasteiger partial charge in [0.1, 0.15) is 5.75 Å². The van der Waals surface area contributed by atoms with E-state index in [0.29, 0.717) is 5.75 Å². The normalized spacial score (nSPS) is 11.2. The molecule has 0 saturated carbocycles. The molecule has 0 fully saturated rings. The predicted molar refractivity (Wildman–Crippen MR) is 79.7 cm³/mol. The summed E-state index contributed by atoms with van der Waals surface area (Å²) in [5.41, 5.74) is 3.16. The average molecular weight is 268 g/mol. The van der Waals surface area contributed by atoms with Gasteiger partial charge in [-0.25, -0.2) is 4.79 Å². The highest BCUT2D eigenvalue weighted by molar-refractivity contribution is 5.92. The Bertz CT molecular complexity index is 643. The first-order valence-electron chi connectivity index (χ1n) is 6.27. The van der Waals surface area contributed by atoms with Crippen molar-refractivity contribution in [3.8, 4) is 16.9 Å². The molecule has 2 aromatic rings. The van der Waals surface area contributed by atoms with Gasteiger partial charge in [0, 0.05) is 11.1 Å². The van der Waals surface area contributed by atoms with E-state index in [2.05, 4.69) is 0 Å². The van der Waals surface area contributed by atoms with E-state index < -0.39 is 5.97 Å². The van der Waals surface area contributed by atoms with Gasteiger partial charge in [0.05, 0.1) is 7.11 Å². The topological polar surface area (TPSA) is 46.5 Å². The van der Waals surface area contributed by atoms with Gasteiger partial charge >= 0.3 is 5.97 Å². The summed E-state index contributed by atoms with van der Waals surface area (Å²) in [4.78, 5) is 10.9. The Morgan fingerprint density at radius 1 is 1.10 bits per heavy atom. The molecule has 0 radical (unpaired) electrons. The molecule has 0 bridgehead atoms. The summed E-state index contributed by atoms with van der Waals surface area (Å²) in [7, 11) is 1.58. The SMILES string of the molecule is COc1cc(-c2ccccc2)ccc1/C=C(\C)C(=O)O. The molecule has 0 amide bonds. The van der Waals surface area contributed by atoms with Crippen LogP contribution in [0.5, 0.6) is 5.75 Å². The number of rotatable bonds is 4. The fraction of sp³-hybridized carbons (Fsp3) is 0.118. The number of aliphatic carboxylic acids is 1. The lowest BCUT2D eigenvalue weighted by Gasteiger charge is -2.09. The molecule has 0 heterocycles. The average Bonchev–Trinajstić information content (AvgIpc) is 2.48. The summed E-state index contributed by atoms with van der Waals surface area (Å²) in [6.07, 6.45) is 1.61. The quantitative estimate of drug-likeness (QED) is 0.857. The Balaban J connectivity index is 2.44. The van der Waals surface area contributed by atoms with Crippen molar-refractivity contribution < 1.29 is 14.6 Å². The molecule has 0 saturated heterocycles. The molecule has 3 heteroatoms. The Kier molecular flexibility index (Phi) is 4.20. The van der Waals surface area contributed by atoms with Crippen LogP contribution in [-0.2, 0) is 4.79 Å². The van der Waals surface area contributed by atoms with Crippen LogP contribution in [0, 0.1) is 0 Å². The van der Waals surface area contributed by atoms with Crippen LogP contribution in [-0.4, -0.2) is 18.2 Å². The first-order chi connectivity index (χ1) is 9.61. The number of carbonyl (C=O) groups is 1. The van der Waals surface area contributed by atoms with Gasteiger partial charge in [0.15, 0.2) is 0 Å². The Morgan fingerprint density at radius 3 is 2.40 bits per heavy atom. The molecule has 0 aliphatic rings. The molecular weight excluding hydrogens is 252 g/mol. The molecule has 102 valence electrons. The van der Waals surface area contributed by atoms with Gasteiger partial charge in [-0.2, -0.15) is 0 Å². The minimum absolute atomic E-state index is 0.274. The summed E-state index contributed by atoms with van der Waals surface area (Å²) in [5.74, 6) is -0.272. The van der Waals surface area contributed by atoms with Gasteiger partial charge < -0.3 is 9.84 Å². The third-order valence-corrected chi connectivity index (χ3v) is 3.05. The zero-order chi connectivity index (χ0) is 14.5. The van der Waals surface area contributed by atoms with Crippen LogP contribution < -0.4 is 4.74 Å². The van der Waals surface area contributed by atoms with Crippen LogP contribution in [0.2, 0.25) is 0 Å². The molecule has 0 unspecified atom stereocenters. The molecule has 3 nitrogen and oxygen atoms in total. The molecule has 0 aliphatic heterocycles. The summed E-state index contributed by atoms with van der Waals surface area (Å²) in [5, 5.41) is 8.93. The van der Waals surface area contributed by atoms with Crippen LogP contribution in [0.3, 0.4) is 0 Å². The number of methoxy groups -OCH3 is 1. The zero-order valence-corrected chi connectivity index (χ0v) is 11.5.